The summed E-state index contributed by atoms with van der Waals surface area (Å²) in [4.78, 5) is 23.8. The van der Waals surface area contributed by atoms with E-state index in [9.17, 15) is 0 Å². The van der Waals surface area contributed by atoms with Gasteiger partial charge >= 0.3 is 0 Å². The Kier molecular flexibility index (Phi) is 4.37. The second-order valence-electron chi connectivity index (χ2n) is 5.30. The zero-order valence-corrected chi connectivity index (χ0v) is 14.2. The molecule has 22 heavy (non-hydrogen) atoms. The van der Waals surface area contributed by atoms with Crippen LogP contribution in [0.5, 0.6) is 0 Å². The molecular weight excluding hydrogens is 346 g/mol. The molecule has 0 aliphatic carbocycles. The number of rotatable bonds is 3. The van der Waals surface area contributed by atoms with Gasteiger partial charge < -0.3 is 14.7 Å². The Bertz CT molecular complexity index is 623. The summed E-state index contributed by atoms with van der Waals surface area (Å²) in [5, 5.41) is 0. The van der Waals surface area contributed by atoms with Crippen molar-refractivity contribution in [2.24, 2.45) is 0 Å². The Morgan fingerprint density at radius 2 is 1.59 bits per heavy atom. The lowest BCUT2D eigenvalue weighted by Crippen LogP contribution is -2.47. The fraction of sp³-hybridized carbons (Fsp3) is 0.429. The molecule has 0 unspecified atom stereocenters. The van der Waals surface area contributed by atoms with Gasteiger partial charge in [0.25, 0.3) is 0 Å². The summed E-state index contributed by atoms with van der Waals surface area (Å²) in [5.74, 6) is 2.67. The number of hydrogen-bond acceptors (Lipinski definition) is 7. The van der Waals surface area contributed by atoms with Gasteiger partial charge in [0.05, 0.1) is 4.47 Å². The molecule has 2 aromatic rings. The summed E-state index contributed by atoms with van der Waals surface area (Å²) in [7, 11) is 3.96. The van der Waals surface area contributed by atoms with E-state index >= 15 is 0 Å². The maximum Gasteiger partial charge on any atom is 0.225 e. The van der Waals surface area contributed by atoms with Crippen LogP contribution in [0.4, 0.5) is 17.6 Å². The second kappa shape index (κ2) is 6.43. The molecule has 1 aliphatic heterocycles. The minimum absolute atomic E-state index is 0.777. The smallest absolute Gasteiger partial charge is 0.225 e. The van der Waals surface area contributed by atoms with Crippen LogP contribution in [-0.4, -0.2) is 60.2 Å². The third kappa shape index (κ3) is 3.27. The van der Waals surface area contributed by atoms with Crippen LogP contribution >= 0.6 is 15.9 Å². The first-order valence-electron chi connectivity index (χ1n) is 7.10. The average molecular weight is 364 g/mol. The molecule has 7 nitrogen and oxygen atoms in total. The van der Waals surface area contributed by atoms with Crippen molar-refractivity contribution in [2.45, 2.75) is 0 Å². The lowest BCUT2D eigenvalue weighted by atomic mass is 10.3. The Morgan fingerprint density at radius 1 is 0.955 bits per heavy atom. The average Bonchev–Trinajstić information content (AvgIpc) is 2.56. The normalized spacial score (nSPS) is 15.0. The predicted molar refractivity (Wildman–Crippen MR) is 90.5 cm³/mol. The maximum absolute atomic E-state index is 4.39. The molecule has 0 atom stereocenters. The van der Waals surface area contributed by atoms with E-state index in [1.807, 2.05) is 25.1 Å². The quantitative estimate of drug-likeness (QED) is 0.816. The molecular formula is C14H18BrN7. The highest BCUT2D eigenvalue weighted by Gasteiger charge is 2.20. The molecule has 0 N–H and O–H groups in total. The number of anilines is 3. The summed E-state index contributed by atoms with van der Waals surface area (Å²) in [6.07, 6.45) is 5.18. The largest absolute Gasteiger partial charge is 0.363 e. The van der Waals surface area contributed by atoms with E-state index in [-0.39, 0.29) is 0 Å². The first-order chi connectivity index (χ1) is 10.6. The molecule has 0 spiro atoms. The molecule has 0 bridgehead atoms. The van der Waals surface area contributed by atoms with Crippen molar-refractivity contribution in [3.05, 3.63) is 29.3 Å². The molecule has 0 saturated carbocycles. The summed E-state index contributed by atoms with van der Waals surface area (Å²) in [6.45, 7) is 3.54. The van der Waals surface area contributed by atoms with E-state index in [2.05, 4.69) is 45.7 Å². The molecule has 8 heteroatoms. The van der Waals surface area contributed by atoms with Crippen LogP contribution in [0.15, 0.2) is 29.3 Å². The van der Waals surface area contributed by atoms with Crippen molar-refractivity contribution in [1.29, 1.82) is 0 Å². The topological polar surface area (TPSA) is 61.3 Å². The highest BCUT2D eigenvalue weighted by atomic mass is 79.9. The first kappa shape index (κ1) is 15.0. The third-order valence-corrected chi connectivity index (χ3v) is 4.00. The van der Waals surface area contributed by atoms with E-state index in [4.69, 9.17) is 0 Å². The Balaban J connectivity index is 1.66. The van der Waals surface area contributed by atoms with Crippen molar-refractivity contribution < 1.29 is 0 Å². The van der Waals surface area contributed by atoms with Gasteiger partial charge in [-0.05, 0) is 15.9 Å². The van der Waals surface area contributed by atoms with Crippen molar-refractivity contribution in [3.8, 4) is 0 Å². The first-order valence-corrected chi connectivity index (χ1v) is 7.89. The SMILES string of the molecule is CN(C)c1cc(N2CCN(c3ncc(Br)cn3)CC2)ncn1. The minimum Gasteiger partial charge on any atom is -0.363 e. The number of halogens is 1. The van der Waals surface area contributed by atoms with Gasteiger partial charge in [0.15, 0.2) is 0 Å². The lowest BCUT2D eigenvalue weighted by molar-refractivity contribution is 0.633. The monoisotopic (exact) mass is 363 g/mol. The number of aromatic nitrogens is 4. The van der Waals surface area contributed by atoms with Crippen LogP contribution in [-0.2, 0) is 0 Å². The molecule has 116 valence electrons. The van der Waals surface area contributed by atoms with Crippen LogP contribution < -0.4 is 14.7 Å². The molecule has 1 aliphatic rings. The van der Waals surface area contributed by atoms with Gasteiger partial charge in [0.2, 0.25) is 5.95 Å². The number of hydrogen-bond donors (Lipinski definition) is 0. The van der Waals surface area contributed by atoms with Crippen LogP contribution in [0.2, 0.25) is 0 Å². The lowest BCUT2D eigenvalue weighted by Gasteiger charge is -2.35. The van der Waals surface area contributed by atoms with E-state index in [1.54, 1.807) is 18.7 Å². The minimum atomic E-state index is 0.777. The predicted octanol–water partition coefficient (Wildman–Crippen LogP) is 1.42. The summed E-state index contributed by atoms with van der Waals surface area (Å²) in [6, 6.07) is 2.02. The fourth-order valence-electron chi connectivity index (χ4n) is 2.36. The van der Waals surface area contributed by atoms with Gasteiger partial charge in [-0.25, -0.2) is 19.9 Å². The van der Waals surface area contributed by atoms with Crippen molar-refractivity contribution in [2.75, 3.05) is 55.0 Å². The highest BCUT2D eigenvalue weighted by Crippen LogP contribution is 2.19. The third-order valence-electron chi connectivity index (χ3n) is 3.59. The van der Waals surface area contributed by atoms with Gasteiger partial charge in [-0.1, -0.05) is 0 Å². The standard InChI is InChI=1S/C14H18BrN7/c1-20(2)12-7-13(19-10-18-12)21-3-5-22(6-4-21)14-16-8-11(15)9-17-14/h7-10H,3-6H2,1-2H3. The molecule has 3 heterocycles. The van der Waals surface area contributed by atoms with Crippen LogP contribution in [0.25, 0.3) is 0 Å². The second-order valence-corrected chi connectivity index (χ2v) is 6.22. The van der Waals surface area contributed by atoms with E-state index in [1.165, 1.54) is 0 Å². The van der Waals surface area contributed by atoms with Crippen LogP contribution in [0.3, 0.4) is 0 Å². The molecule has 1 saturated heterocycles. The van der Waals surface area contributed by atoms with E-state index in [0.717, 1.165) is 48.2 Å². The van der Waals surface area contributed by atoms with Gasteiger partial charge in [-0.2, -0.15) is 0 Å². The van der Waals surface area contributed by atoms with E-state index < -0.39 is 0 Å². The van der Waals surface area contributed by atoms with E-state index in [0.29, 0.717) is 0 Å². The molecule has 2 aromatic heterocycles. The number of nitrogens with zero attached hydrogens (tertiary/aromatic N) is 7. The van der Waals surface area contributed by atoms with Crippen LogP contribution in [0, 0.1) is 0 Å². The zero-order valence-electron chi connectivity index (χ0n) is 12.6. The molecule has 3 rings (SSSR count). The van der Waals surface area contributed by atoms with Crippen molar-refractivity contribution >= 4 is 33.5 Å². The van der Waals surface area contributed by atoms with Crippen LogP contribution in [0.1, 0.15) is 0 Å². The fourth-order valence-corrected chi connectivity index (χ4v) is 2.56. The maximum atomic E-state index is 4.39. The summed E-state index contributed by atoms with van der Waals surface area (Å²) in [5.41, 5.74) is 0. The van der Waals surface area contributed by atoms with Crippen molar-refractivity contribution in [1.82, 2.24) is 19.9 Å². The zero-order chi connectivity index (χ0) is 15.5. The van der Waals surface area contributed by atoms with Gasteiger partial charge in [0, 0.05) is 58.7 Å². The van der Waals surface area contributed by atoms with Gasteiger partial charge in [-0.15, -0.1) is 0 Å². The summed E-state index contributed by atoms with van der Waals surface area (Å²) >= 11 is 3.36. The molecule has 0 aromatic carbocycles. The Labute approximate surface area is 138 Å². The number of piperazine rings is 1. The molecule has 0 radical (unpaired) electrons. The summed E-state index contributed by atoms with van der Waals surface area (Å²) < 4.78 is 0.895. The van der Waals surface area contributed by atoms with Crippen molar-refractivity contribution in [3.63, 3.8) is 0 Å². The Morgan fingerprint density at radius 3 is 2.23 bits per heavy atom. The highest BCUT2D eigenvalue weighted by molar-refractivity contribution is 9.10. The van der Waals surface area contributed by atoms with Gasteiger partial charge in [0.1, 0.15) is 18.0 Å². The molecule has 0 amide bonds. The molecule has 1 fully saturated rings. The van der Waals surface area contributed by atoms with Gasteiger partial charge in [-0.3, -0.25) is 0 Å². The Hall–Kier alpha value is -1.96.